The zero-order valence-corrected chi connectivity index (χ0v) is 18.9. The molecule has 3 heterocycles. The molecule has 34 heavy (non-hydrogen) atoms. The van der Waals surface area contributed by atoms with Gasteiger partial charge in [-0.3, -0.25) is 9.78 Å². The zero-order chi connectivity index (χ0) is 24.1. The number of alkyl halides is 3. The molecule has 3 fully saturated rings. The number of halogens is 3. The van der Waals surface area contributed by atoms with Crippen LogP contribution in [0.4, 0.5) is 13.2 Å². The molecule has 0 radical (unpaired) electrons. The van der Waals surface area contributed by atoms with Crippen LogP contribution in [0.2, 0.25) is 0 Å². The average Bonchev–Trinajstić information content (AvgIpc) is 3.59. The fourth-order valence-corrected chi connectivity index (χ4v) is 6.00. The lowest BCUT2D eigenvalue weighted by molar-refractivity contribution is -0.137. The van der Waals surface area contributed by atoms with Crippen LogP contribution in [0.15, 0.2) is 41.6 Å². The van der Waals surface area contributed by atoms with Crippen molar-refractivity contribution in [3.63, 3.8) is 0 Å². The molecule has 8 nitrogen and oxygen atoms in total. The lowest BCUT2D eigenvalue weighted by Gasteiger charge is -2.25. The first-order valence-electron chi connectivity index (χ1n) is 11.1. The van der Waals surface area contributed by atoms with Crippen LogP contribution in [0.3, 0.4) is 0 Å². The average molecular weight is 497 g/mol. The van der Waals surface area contributed by atoms with Crippen LogP contribution in [0, 0.1) is 0 Å². The van der Waals surface area contributed by atoms with E-state index in [2.05, 4.69) is 9.97 Å². The fraction of sp³-hybridized carbons (Fsp3) is 0.500. The van der Waals surface area contributed by atoms with Crippen molar-refractivity contribution in [2.45, 2.75) is 54.8 Å². The normalized spacial score (nSPS) is 24.1. The molecule has 12 heteroatoms. The van der Waals surface area contributed by atoms with Gasteiger partial charge in [0.25, 0.3) is 0 Å². The van der Waals surface area contributed by atoms with Crippen LogP contribution >= 0.6 is 0 Å². The summed E-state index contributed by atoms with van der Waals surface area (Å²) >= 11 is 0. The molecule has 0 bridgehead atoms. The van der Waals surface area contributed by atoms with Crippen molar-refractivity contribution >= 4 is 15.9 Å². The molecule has 5 rings (SSSR count). The molecule has 2 saturated heterocycles. The minimum atomic E-state index is -4.66. The number of carbonyl (C=O) groups excluding carboxylic acids is 1. The number of carbonyl (C=O) groups is 1. The number of sulfonamides is 1. The van der Waals surface area contributed by atoms with Gasteiger partial charge in [0.15, 0.2) is 0 Å². The Morgan fingerprint density at radius 1 is 1.09 bits per heavy atom. The maximum absolute atomic E-state index is 13.2. The van der Waals surface area contributed by atoms with E-state index in [-0.39, 0.29) is 38.1 Å². The Morgan fingerprint density at radius 2 is 1.88 bits per heavy atom. The Morgan fingerprint density at radius 3 is 2.56 bits per heavy atom. The van der Waals surface area contributed by atoms with Crippen LogP contribution < -0.4 is 4.74 Å². The van der Waals surface area contributed by atoms with Crippen LogP contribution in [-0.2, 0) is 21.0 Å². The number of amides is 1. The number of aromatic nitrogens is 2. The minimum absolute atomic E-state index is 0.0174. The largest absolute Gasteiger partial charge is 0.471 e. The van der Waals surface area contributed by atoms with Gasteiger partial charge in [0, 0.05) is 37.9 Å². The van der Waals surface area contributed by atoms with Gasteiger partial charge >= 0.3 is 6.18 Å². The van der Waals surface area contributed by atoms with Gasteiger partial charge in [-0.05, 0) is 31.0 Å². The second kappa shape index (κ2) is 8.49. The van der Waals surface area contributed by atoms with Gasteiger partial charge in [0.05, 0.1) is 35.1 Å². The lowest BCUT2D eigenvalue weighted by atomic mass is 10.2. The number of hydrogen-bond acceptors (Lipinski definition) is 6. The highest BCUT2D eigenvalue weighted by Crippen LogP contribution is 2.39. The molecule has 0 unspecified atom stereocenters. The second-order valence-electron chi connectivity index (χ2n) is 8.87. The van der Waals surface area contributed by atoms with Crippen molar-refractivity contribution in [2.24, 2.45) is 0 Å². The van der Waals surface area contributed by atoms with Gasteiger partial charge in [-0.1, -0.05) is 6.07 Å². The molecule has 0 N–H and O–H groups in total. The van der Waals surface area contributed by atoms with E-state index in [0.29, 0.717) is 24.3 Å². The topological polar surface area (TPSA) is 92.7 Å². The quantitative estimate of drug-likeness (QED) is 0.632. The van der Waals surface area contributed by atoms with Gasteiger partial charge in [0.2, 0.25) is 21.8 Å². The SMILES string of the molecule is O=C1CCN(S(=O)(=O)c2cccc(C(F)(F)F)c2)C[C@@H]2C[C@@H](Oc3cnc(C4CC4)cn3)CN12. The molecule has 1 amide bonds. The monoisotopic (exact) mass is 496 g/mol. The third-order valence-electron chi connectivity index (χ3n) is 6.42. The third kappa shape index (κ3) is 4.61. The molecule has 1 aromatic heterocycles. The summed E-state index contributed by atoms with van der Waals surface area (Å²) in [6.45, 7) is 0.174. The van der Waals surface area contributed by atoms with E-state index in [9.17, 15) is 26.4 Å². The number of rotatable bonds is 5. The Bertz CT molecular complexity index is 1190. The first-order chi connectivity index (χ1) is 16.1. The van der Waals surface area contributed by atoms with E-state index < -0.39 is 32.7 Å². The van der Waals surface area contributed by atoms with Crippen LogP contribution in [0.25, 0.3) is 0 Å². The lowest BCUT2D eigenvalue weighted by Crippen LogP contribution is -2.40. The molecule has 1 aromatic carbocycles. The highest BCUT2D eigenvalue weighted by molar-refractivity contribution is 7.89. The van der Waals surface area contributed by atoms with Crippen molar-refractivity contribution in [1.29, 1.82) is 0 Å². The molecular weight excluding hydrogens is 473 g/mol. The van der Waals surface area contributed by atoms with Crippen molar-refractivity contribution in [3.05, 3.63) is 47.9 Å². The summed E-state index contributed by atoms with van der Waals surface area (Å²) in [7, 11) is -4.22. The number of benzene rings is 1. The number of ether oxygens (including phenoxy) is 1. The van der Waals surface area contributed by atoms with Crippen LogP contribution in [-0.4, -0.2) is 65.3 Å². The predicted molar refractivity (Wildman–Crippen MR) is 113 cm³/mol. The molecule has 2 aliphatic heterocycles. The highest BCUT2D eigenvalue weighted by atomic mass is 32.2. The maximum Gasteiger partial charge on any atom is 0.416 e. The highest BCUT2D eigenvalue weighted by Gasteiger charge is 2.42. The molecule has 182 valence electrons. The van der Waals surface area contributed by atoms with E-state index in [1.165, 1.54) is 0 Å². The van der Waals surface area contributed by atoms with Gasteiger partial charge in [0.1, 0.15) is 6.10 Å². The van der Waals surface area contributed by atoms with Crippen molar-refractivity contribution < 1.29 is 31.1 Å². The Kier molecular flexibility index (Phi) is 5.75. The number of hydrogen-bond donors (Lipinski definition) is 0. The summed E-state index contributed by atoms with van der Waals surface area (Å²) in [4.78, 5) is 22.5. The molecular formula is C22H23F3N4O4S. The van der Waals surface area contributed by atoms with Gasteiger partial charge in [-0.25, -0.2) is 13.4 Å². The van der Waals surface area contributed by atoms with Crippen LogP contribution in [0.1, 0.15) is 42.9 Å². The number of nitrogens with zero attached hydrogens (tertiary/aromatic N) is 4. The first kappa shape index (κ1) is 23.0. The van der Waals surface area contributed by atoms with E-state index in [0.717, 1.165) is 41.0 Å². The third-order valence-corrected chi connectivity index (χ3v) is 8.28. The fourth-order valence-electron chi connectivity index (χ4n) is 4.48. The van der Waals surface area contributed by atoms with E-state index in [1.54, 1.807) is 17.3 Å². The van der Waals surface area contributed by atoms with Crippen molar-refractivity contribution in [1.82, 2.24) is 19.2 Å². The predicted octanol–water partition coefficient (Wildman–Crippen LogP) is 2.82. The molecule has 1 aliphatic carbocycles. The second-order valence-corrected chi connectivity index (χ2v) is 10.8. The summed E-state index contributed by atoms with van der Waals surface area (Å²) in [5.74, 6) is 0.592. The summed E-state index contributed by atoms with van der Waals surface area (Å²) in [6, 6.07) is 3.22. The summed E-state index contributed by atoms with van der Waals surface area (Å²) in [5.41, 5.74) is -0.109. The Labute approximate surface area is 194 Å². The molecule has 2 aromatic rings. The van der Waals surface area contributed by atoms with Crippen LogP contribution in [0.5, 0.6) is 5.88 Å². The van der Waals surface area contributed by atoms with E-state index >= 15 is 0 Å². The molecule has 1 saturated carbocycles. The van der Waals surface area contributed by atoms with E-state index in [4.69, 9.17) is 4.74 Å². The standard InChI is InChI=1S/C22H23F3N4O4S/c23-22(24,25)15-2-1-3-18(8-15)34(31,32)28-7-6-21(30)29-13-17(9-16(29)12-28)33-20-11-26-19(10-27-20)14-4-5-14/h1-3,8,10-11,14,16-17H,4-7,9,12-13H2/t16-,17+/m0/s1. The summed E-state index contributed by atoms with van der Waals surface area (Å²) in [5, 5.41) is 0. The van der Waals surface area contributed by atoms with Gasteiger partial charge in [-0.2, -0.15) is 17.5 Å². The van der Waals surface area contributed by atoms with Crippen molar-refractivity contribution in [3.8, 4) is 5.88 Å². The van der Waals surface area contributed by atoms with Gasteiger partial charge in [-0.15, -0.1) is 0 Å². The zero-order valence-electron chi connectivity index (χ0n) is 18.1. The van der Waals surface area contributed by atoms with Gasteiger partial charge < -0.3 is 9.64 Å². The number of fused-ring (bicyclic) bond motifs is 1. The smallest absolute Gasteiger partial charge is 0.416 e. The maximum atomic E-state index is 13.2. The summed E-state index contributed by atoms with van der Waals surface area (Å²) in [6.07, 6.45) is 0.743. The Balaban J connectivity index is 1.30. The Hall–Kier alpha value is -2.73. The first-order valence-corrected chi connectivity index (χ1v) is 12.5. The minimum Gasteiger partial charge on any atom is -0.471 e. The van der Waals surface area contributed by atoms with E-state index in [1.807, 2.05) is 0 Å². The molecule has 0 spiro atoms. The van der Waals surface area contributed by atoms with Crippen molar-refractivity contribution in [2.75, 3.05) is 19.6 Å². The molecule has 2 atom stereocenters. The summed E-state index contributed by atoms with van der Waals surface area (Å²) < 4.78 is 72.6. The molecule has 3 aliphatic rings.